The monoisotopic (exact) mass is 460 g/mol. The summed E-state index contributed by atoms with van der Waals surface area (Å²) in [5.74, 6) is 0.0606. The van der Waals surface area contributed by atoms with Gasteiger partial charge in [0.1, 0.15) is 10.8 Å². The van der Waals surface area contributed by atoms with Gasteiger partial charge in [0.2, 0.25) is 0 Å². The quantitative estimate of drug-likeness (QED) is 0.308. The highest BCUT2D eigenvalue weighted by molar-refractivity contribution is 7.80. The highest BCUT2D eigenvalue weighted by Gasteiger charge is 2.28. The maximum Gasteiger partial charge on any atom is 0.341 e. The van der Waals surface area contributed by atoms with Crippen LogP contribution in [-0.4, -0.2) is 30.2 Å². The Hall–Kier alpha value is -2.45. The molecule has 3 rings (SSSR count). The number of carbonyl (C=O) groups is 2. The Bertz CT molecular complexity index is 938. The van der Waals surface area contributed by atoms with Crippen LogP contribution < -0.4 is 15.4 Å². The molecule has 2 N–H and O–H groups in total. The van der Waals surface area contributed by atoms with Gasteiger partial charge in [-0.25, -0.2) is 4.79 Å². The zero-order valence-electron chi connectivity index (χ0n) is 17.9. The molecule has 0 spiro atoms. The number of nitrogens with one attached hydrogen (secondary N) is 2. The number of hydrogen-bond acceptors (Lipinski definition) is 6. The zero-order chi connectivity index (χ0) is 22.2. The van der Waals surface area contributed by atoms with Gasteiger partial charge in [0.15, 0.2) is 5.11 Å². The number of unbranched alkanes of at least 4 members (excludes halogenated alkanes) is 2. The second-order valence-corrected chi connectivity index (χ2v) is 8.78. The van der Waals surface area contributed by atoms with E-state index in [1.165, 1.54) is 16.2 Å². The molecular weight excluding hydrogens is 432 g/mol. The number of ether oxygens (including phenoxy) is 2. The summed E-state index contributed by atoms with van der Waals surface area (Å²) in [6.07, 6.45) is 6.13. The van der Waals surface area contributed by atoms with E-state index >= 15 is 0 Å². The van der Waals surface area contributed by atoms with Crippen LogP contribution in [0.2, 0.25) is 0 Å². The van der Waals surface area contributed by atoms with Gasteiger partial charge in [0.05, 0.1) is 18.8 Å². The summed E-state index contributed by atoms with van der Waals surface area (Å²) in [6.45, 7) is 4.91. The van der Waals surface area contributed by atoms with Gasteiger partial charge < -0.3 is 14.8 Å². The maximum atomic E-state index is 12.5. The fourth-order valence-electron chi connectivity index (χ4n) is 3.47. The molecule has 8 heteroatoms. The van der Waals surface area contributed by atoms with Crippen molar-refractivity contribution in [2.75, 3.05) is 18.5 Å². The summed E-state index contributed by atoms with van der Waals surface area (Å²) in [5, 5.41) is 6.48. The lowest BCUT2D eigenvalue weighted by Gasteiger charge is -2.11. The molecule has 0 aliphatic heterocycles. The molecule has 0 unspecified atom stereocenters. The Morgan fingerprint density at radius 2 is 1.90 bits per heavy atom. The molecule has 166 valence electrons. The smallest absolute Gasteiger partial charge is 0.341 e. The number of aryl methyl sites for hydroxylation is 1. The summed E-state index contributed by atoms with van der Waals surface area (Å²) < 4.78 is 10.9. The van der Waals surface area contributed by atoms with Gasteiger partial charge in [-0.15, -0.1) is 11.3 Å². The van der Waals surface area contributed by atoms with Crippen LogP contribution in [0.5, 0.6) is 5.75 Å². The minimum absolute atomic E-state index is 0.148. The van der Waals surface area contributed by atoms with Gasteiger partial charge in [-0.05, 0) is 74.7 Å². The first kappa shape index (κ1) is 23.2. The molecule has 2 aromatic rings. The Balaban J connectivity index is 1.60. The molecule has 31 heavy (non-hydrogen) atoms. The van der Waals surface area contributed by atoms with Crippen LogP contribution in [-0.2, 0) is 17.6 Å². The maximum absolute atomic E-state index is 12.5. The molecule has 1 aromatic carbocycles. The van der Waals surface area contributed by atoms with Crippen LogP contribution >= 0.6 is 23.6 Å². The van der Waals surface area contributed by atoms with Gasteiger partial charge in [0.25, 0.3) is 5.91 Å². The van der Waals surface area contributed by atoms with Crippen LogP contribution in [0.15, 0.2) is 24.3 Å². The molecule has 0 saturated heterocycles. The fourth-order valence-corrected chi connectivity index (χ4v) is 5.01. The second-order valence-electron chi connectivity index (χ2n) is 7.27. The molecule has 1 heterocycles. The fraction of sp³-hybridized carbons (Fsp3) is 0.435. The van der Waals surface area contributed by atoms with E-state index in [9.17, 15) is 9.59 Å². The first-order valence-electron chi connectivity index (χ1n) is 10.7. The van der Waals surface area contributed by atoms with Crippen LogP contribution in [0.25, 0.3) is 0 Å². The minimum Gasteiger partial charge on any atom is -0.494 e. The van der Waals surface area contributed by atoms with Crippen LogP contribution in [0, 0.1) is 0 Å². The van der Waals surface area contributed by atoms with E-state index in [2.05, 4.69) is 17.6 Å². The summed E-state index contributed by atoms with van der Waals surface area (Å²) >= 11 is 6.82. The number of carbonyl (C=O) groups excluding carboxylic acids is 2. The highest BCUT2D eigenvalue weighted by atomic mass is 32.1. The van der Waals surface area contributed by atoms with Crippen molar-refractivity contribution in [1.29, 1.82) is 0 Å². The van der Waals surface area contributed by atoms with Crippen molar-refractivity contribution in [1.82, 2.24) is 5.32 Å². The van der Waals surface area contributed by atoms with E-state index in [0.717, 1.165) is 49.8 Å². The third-order valence-electron chi connectivity index (χ3n) is 4.99. The molecular formula is C23H28N2O4S2. The molecule has 6 nitrogen and oxygen atoms in total. The summed E-state index contributed by atoms with van der Waals surface area (Å²) in [6, 6.07) is 6.97. The van der Waals surface area contributed by atoms with Crippen molar-refractivity contribution in [3.05, 3.63) is 45.8 Å². The molecule has 1 amide bonds. The average Bonchev–Trinajstić information content (AvgIpc) is 3.32. The molecule has 1 aromatic heterocycles. The van der Waals surface area contributed by atoms with Crippen molar-refractivity contribution >= 4 is 45.5 Å². The third kappa shape index (κ3) is 6.04. The SMILES string of the molecule is CCCCCOc1ccc(C(=O)NC(=S)Nc2sc3c(c2C(=O)OCC)CCC3)cc1. The predicted molar refractivity (Wildman–Crippen MR) is 127 cm³/mol. The lowest BCUT2D eigenvalue weighted by Crippen LogP contribution is -2.34. The van der Waals surface area contributed by atoms with Gasteiger partial charge in [-0.2, -0.15) is 0 Å². The van der Waals surface area contributed by atoms with Crippen molar-refractivity contribution in [3.8, 4) is 5.75 Å². The van der Waals surface area contributed by atoms with Crippen molar-refractivity contribution in [3.63, 3.8) is 0 Å². The number of thiocarbonyl (C=S) groups is 1. The van der Waals surface area contributed by atoms with Gasteiger partial charge >= 0.3 is 5.97 Å². The lowest BCUT2D eigenvalue weighted by atomic mass is 10.1. The van der Waals surface area contributed by atoms with Gasteiger partial charge in [0, 0.05) is 10.4 Å². The first-order chi connectivity index (χ1) is 15.0. The van der Waals surface area contributed by atoms with Gasteiger partial charge in [-0.1, -0.05) is 19.8 Å². The van der Waals surface area contributed by atoms with Crippen molar-refractivity contribution in [2.24, 2.45) is 0 Å². The predicted octanol–water partition coefficient (Wildman–Crippen LogP) is 5.11. The number of fused-ring (bicyclic) bond motifs is 1. The van der Waals surface area contributed by atoms with Crippen LogP contribution in [0.3, 0.4) is 0 Å². The number of amides is 1. The third-order valence-corrected chi connectivity index (χ3v) is 6.40. The molecule has 0 fully saturated rings. The van der Waals surface area contributed by atoms with Crippen LogP contribution in [0.1, 0.15) is 70.7 Å². The number of benzene rings is 1. The molecule has 1 aliphatic rings. The average molecular weight is 461 g/mol. The largest absolute Gasteiger partial charge is 0.494 e. The standard InChI is InChI=1S/C23H28N2O4S2/c1-3-5-6-14-29-16-12-10-15(11-13-16)20(26)24-23(30)25-21-19(22(27)28-4-2)17-8-7-9-18(17)31-21/h10-13H,3-9,14H2,1-2H3,(H2,24,25,26,30). The van der Waals surface area contributed by atoms with Crippen molar-refractivity contribution < 1.29 is 19.1 Å². The Kier molecular flexibility index (Phi) is 8.43. The van der Waals surface area contributed by atoms with E-state index in [1.807, 2.05) is 0 Å². The highest BCUT2D eigenvalue weighted by Crippen LogP contribution is 2.39. The van der Waals surface area contributed by atoms with E-state index in [4.69, 9.17) is 21.7 Å². The number of rotatable bonds is 9. The van der Waals surface area contributed by atoms with Crippen molar-refractivity contribution in [2.45, 2.75) is 52.4 Å². The minimum atomic E-state index is -0.354. The first-order valence-corrected chi connectivity index (χ1v) is 11.9. The number of hydrogen-bond donors (Lipinski definition) is 2. The summed E-state index contributed by atoms with van der Waals surface area (Å²) in [4.78, 5) is 26.2. The summed E-state index contributed by atoms with van der Waals surface area (Å²) in [5.41, 5.74) is 2.06. The van der Waals surface area contributed by atoms with E-state index in [0.29, 0.717) is 29.3 Å². The van der Waals surface area contributed by atoms with Gasteiger partial charge in [-0.3, -0.25) is 10.1 Å². The molecule has 0 saturated carbocycles. The number of anilines is 1. The number of esters is 1. The Morgan fingerprint density at radius 1 is 1.13 bits per heavy atom. The molecule has 0 radical (unpaired) electrons. The Morgan fingerprint density at radius 3 is 2.61 bits per heavy atom. The molecule has 0 atom stereocenters. The zero-order valence-corrected chi connectivity index (χ0v) is 19.5. The molecule has 1 aliphatic carbocycles. The number of thiophene rings is 1. The van der Waals surface area contributed by atoms with Crippen LogP contribution in [0.4, 0.5) is 5.00 Å². The molecule has 0 bridgehead atoms. The Labute approximate surface area is 192 Å². The normalized spacial score (nSPS) is 12.2. The van der Waals surface area contributed by atoms with E-state index < -0.39 is 0 Å². The topological polar surface area (TPSA) is 76.7 Å². The summed E-state index contributed by atoms with van der Waals surface area (Å²) in [7, 11) is 0. The second kappa shape index (κ2) is 11.2. The van der Waals surface area contributed by atoms with E-state index in [-0.39, 0.29) is 17.0 Å². The lowest BCUT2D eigenvalue weighted by molar-refractivity contribution is 0.0527. The van der Waals surface area contributed by atoms with E-state index in [1.54, 1.807) is 31.2 Å².